The van der Waals surface area contributed by atoms with Crippen LogP contribution in [0.4, 0.5) is 5.69 Å². The van der Waals surface area contributed by atoms with Crippen molar-refractivity contribution in [3.63, 3.8) is 0 Å². The van der Waals surface area contributed by atoms with Gasteiger partial charge in [-0.3, -0.25) is 4.79 Å². The maximum Gasteiger partial charge on any atom is 0.254 e. The Morgan fingerprint density at radius 2 is 2.16 bits per heavy atom. The first-order chi connectivity index (χ1) is 8.80. The highest BCUT2D eigenvalue weighted by molar-refractivity contribution is 6.43. The van der Waals surface area contributed by atoms with Crippen LogP contribution < -0.4 is 5.73 Å². The van der Waals surface area contributed by atoms with Crippen molar-refractivity contribution in [1.82, 2.24) is 4.90 Å². The minimum Gasteiger partial charge on any atom is -0.397 e. The molecular formula is C13H16Cl2N2O2. The third-order valence-corrected chi connectivity index (χ3v) is 4.08. The summed E-state index contributed by atoms with van der Waals surface area (Å²) in [5, 5.41) is 10.5. The average molecular weight is 303 g/mol. The molecule has 1 aromatic carbocycles. The van der Waals surface area contributed by atoms with Crippen molar-refractivity contribution in [2.45, 2.75) is 25.4 Å². The van der Waals surface area contributed by atoms with Gasteiger partial charge in [0.1, 0.15) is 0 Å². The van der Waals surface area contributed by atoms with Crippen LogP contribution in [-0.2, 0) is 0 Å². The third-order valence-electron chi connectivity index (χ3n) is 3.27. The Morgan fingerprint density at radius 3 is 2.74 bits per heavy atom. The number of rotatable bonds is 1. The molecule has 1 atom stereocenters. The normalized spacial score (nSPS) is 23.5. The van der Waals surface area contributed by atoms with Crippen LogP contribution in [0.25, 0.3) is 0 Å². The smallest absolute Gasteiger partial charge is 0.254 e. The molecule has 0 saturated carbocycles. The number of carbonyl (C=O) groups is 1. The summed E-state index contributed by atoms with van der Waals surface area (Å²) in [6, 6.07) is 3.02. The molecule has 0 bridgehead atoms. The van der Waals surface area contributed by atoms with E-state index in [9.17, 15) is 9.90 Å². The second kappa shape index (κ2) is 5.19. The van der Waals surface area contributed by atoms with Gasteiger partial charge in [0.25, 0.3) is 5.91 Å². The van der Waals surface area contributed by atoms with Crippen molar-refractivity contribution in [2.24, 2.45) is 0 Å². The fourth-order valence-electron chi connectivity index (χ4n) is 2.31. The summed E-state index contributed by atoms with van der Waals surface area (Å²) in [4.78, 5) is 14.0. The lowest BCUT2D eigenvalue weighted by atomic mass is 9.94. The van der Waals surface area contributed by atoms with Crippen molar-refractivity contribution in [1.29, 1.82) is 0 Å². The number of nitrogens with zero attached hydrogens (tertiary/aromatic N) is 1. The lowest BCUT2D eigenvalue weighted by molar-refractivity contribution is -0.0107. The molecule has 1 heterocycles. The van der Waals surface area contributed by atoms with E-state index in [0.29, 0.717) is 25.1 Å². The van der Waals surface area contributed by atoms with Crippen LogP contribution in [0.1, 0.15) is 30.1 Å². The second-order valence-corrected chi connectivity index (χ2v) is 5.97. The number of halogens is 2. The number of hydrogen-bond donors (Lipinski definition) is 2. The van der Waals surface area contributed by atoms with Gasteiger partial charge in [-0.05, 0) is 31.9 Å². The van der Waals surface area contributed by atoms with E-state index < -0.39 is 5.60 Å². The number of nitrogen functional groups attached to an aromatic ring is 1. The highest BCUT2D eigenvalue weighted by Crippen LogP contribution is 2.30. The van der Waals surface area contributed by atoms with Gasteiger partial charge in [0.05, 0.1) is 21.3 Å². The predicted octanol–water partition coefficient (Wildman–Crippen LogP) is 2.56. The van der Waals surface area contributed by atoms with Crippen molar-refractivity contribution in [3.05, 3.63) is 27.7 Å². The number of benzene rings is 1. The minimum absolute atomic E-state index is 0.190. The summed E-state index contributed by atoms with van der Waals surface area (Å²) in [6.07, 6.45) is 1.47. The Morgan fingerprint density at radius 1 is 1.47 bits per heavy atom. The molecule has 3 N–H and O–H groups in total. The number of β-amino-alcohol motifs (C(OH)–C–C–N with tert-alkyl or cyclic N) is 1. The number of carbonyl (C=O) groups excluding carboxylic acids is 1. The van der Waals surface area contributed by atoms with Crippen LogP contribution in [0, 0.1) is 0 Å². The fraction of sp³-hybridized carbons (Fsp3) is 0.462. The molecule has 0 spiro atoms. The van der Waals surface area contributed by atoms with Crippen LogP contribution in [0.15, 0.2) is 12.1 Å². The Balaban J connectivity index is 2.25. The molecule has 0 radical (unpaired) electrons. The van der Waals surface area contributed by atoms with Gasteiger partial charge in [-0.1, -0.05) is 23.2 Å². The summed E-state index contributed by atoms with van der Waals surface area (Å²) >= 11 is 11.8. The molecule has 0 aromatic heterocycles. The van der Waals surface area contributed by atoms with E-state index in [4.69, 9.17) is 28.9 Å². The molecule has 104 valence electrons. The van der Waals surface area contributed by atoms with Gasteiger partial charge in [0, 0.05) is 18.7 Å². The van der Waals surface area contributed by atoms with Crippen LogP contribution in [0.5, 0.6) is 0 Å². The molecule has 1 fully saturated rings. The Labute approximate surface area is 122 Å². The molecule has 1 amide bonds. The van der Waals surface area contributed by atoms with Crippen molar-refractivity contribution < 1.29 is 9.90 Å². The fourth-order valence-corrected chi connectivity index (χ4v) is 2.65. The monoisotopic (exact) mass is 302 g/mol. The third kappa shape index (κ3) is 3.14. The molecule has 1 unspecified atom stereocenters. The first-order valence-electron chi connectivity index (χ1n) is 6.06. The van der Waals surface area contributed by atoms with Gasteiger partial charge in [-0.2, -0.15) is 0 Å². The quantitative estimate of drug-likeness (QED) is 0.784. The van der Waals surface area contributed by atoms with E-state index in [0.717, 1.165) is 6.42 Å². The molecule has 4 nitrogen and oxygen atoms in total. The molecule has 1 aliphatic heterocycles. The van der Waals surface area contributed by atoms with Gasteiger partial charge >= 0.3 is 0 Å². The lowest BCUT2D eigenvalue weighted by Gasteiger charge is -2.36. The summed E-state index contributed by atoms with van der Waals surface area (Å²) in [5.74, 6) is -0.190. The van der Waals surface area contributed by atoms with E-state index >= 15 is 0 Å². The SMILES string of the molecule is CC1(O)CCCN(C(=O)c2cc(N)c(Cl)c(Cl)c2)C1. The summed E-state index contributed by atoms with van der Waals surface area (Å²) in [5.41, 5.74) is 5.54. The Hall–Kier alpha value is -0.970. The molecule has 1 aromatic rings. The largest absolute Gasteiger partial charge is 0.397 e. The van der Waals surface area contributed by atoms with E-state index in [1.54, 1.807) is 11.8 Å². The van der Waals surface area contributed by atoms with E-state index in [1.807, 2.05) is 0 Å². The Kier molecular flexibility index (Phi) is 3.95. The van der Waals surface area contributed by atoms with Gasteiger partial charge in [0.15, 0.2) is 0 Å². The van der Waals surface area contributed by atoms with Crippen LogP contribution in [0.3, 0.4) is 0 Å². The number of likely N-dealkylation sites (tertiary alicyclic amines) is 1. The molecule has 1 saturated heterocycles. The maximum absolute atomic E-state index is 12.4. The van der Waals surface area contributed by atoms with Crippen LogP contribution in [0.2, 0.25) is 10.0 Å². The maximum atomic E-state index is 12.4. The zero-order valence-electron chi connectivity index (χ0n) is 10.6. The second-order valence-electron chi connectivity index (χ2n) is 5.19. The summed E-state index contributed by atoms with van der Waals surface area (Å²) in [7, 11) is 0. The lowest BCUT2D eigenvalue weighted by Crippen LogP contribution is -2.48. The van der Waals surface area contributed by atoms with Crippen molar-refractivity contribution >= 4 is 34.8 Å². The zero-order valence-corrected chi connectivity index (χ0v) is 12.1. The summed E-state index contributed by atoms with van der Waals surface area (Å²) < 4.78 is 0. The van der Waals surface area contributed by atoms with Gasteiger partial charge in [0.2, 0.25) is 0 Å². The van der Waals surface area contributed by atoms with Crippen molar-refractivity contribution in [3.8, 4) is 0 Å². The number of aliphatic hydroxyl groups is 1. The Bertz CT molecular complexity index is 494. The van der Waals surface area contributed by atoms with Crippen LogP contribution in [-0.4, -0.2) is 34.6 Å². The molecule has 19 heavy (non-hydrogen) atoms. The number of nitrogens with two attached hydrogens (primary N) is 1. The first-order valence-corrected chi connectivity index (χ1v) is 6.82. The predicted molar refractivity (Wildman–Crippen MR) is 76.6 cm³/mol. The molecular weight excluding hydrogens is 287 g/mol. The van der Waals surface area contributed by atoms with Gasteiger partial charge in [-0.15, -0.1) is 0 Å². The van der Waals surface area contributed by atoms with E-state index in [1.165, 1.54) is 12.1 Å². The van der Waals surface area contributed by atoms with E-state index in [-0.39, 0.29) is 21.6 Å². The highest BCUT2D eigenvalue weighted by atomic mass is 35.5. The van der Waals surface area contributed by atoms with Gasteiger partial charge in [-0.25, -0.2) is 0 Å². The van der Waals surface area contributed by atoms with Crippen LogP contribution >= 0.6 is 23.2 Å². The molecule has 6 heteroatoms. The van der Waals surface area contributed by atoms with Crippen molar-refractivity contribution in [2.75, 3.05) is 18.8 Å². The average Bonchev–Trinajstić information content (AvgIpc) is 2.33. The van der Waals surface area contributed by atoms with E-state index in [2.05, 4.69) is 0 Å². The molecule has 1 aliphatic rings. The molecule has 2 rings (SSSR count). The summed E-state index contributed by atoms with van der Waals surface area (Å²) in [6.45, 7) is 2.66. The number of hydrogen-bond acceptors (Lipinski definition) is 3. The standard InChI is InChI=1S/C13H16Cl2N2O2/c1-13(19)3-2-4-17(7-13)12(18)8-5-9(14)11(15)10(16)6-8/h5-6,19H,2-4,7,16H2,1H3. The number of amides is 1. The topological polar surface area (TPSA) is 66.6 Å². The highest BCUT2D eigenvalue weighted by Gasteiger charge is 2.31. The number of piperidine rings is 1. The molecule has 0 aliphatic carbocycles. The minimum atomic E-state index is -0.838. The number of anilines is 1. The zero-order chi connectivity index (χ0) is 14.2. The first kappa shape index (κ1) is 14.4. The van der Waals surface area contributed by atoms with Gasteiger partial charge < -0.3 is 15.7 Å².